The number of fused-ring (bicyclic) bond motifs is 1. The Hall–Kier alpha value is -0.570. The van der Waals surface area contributed by atoms with Crippen molar-refractivity contribution in [1.82, 2.24) is 0 Å². The summed E-state index contributed by atoms with van der Waals surface area (Å²) in [5.41, 5.74) is -0.606. The second kappa shape index (κ2) is 2.46. The average molecular weight is 170 g/mol. The number of carbonyl (C=O) groups excluding carboxylic acids is 1. The Morgan fingerprint density at radius 1 is 1.67 bits per heavy atom. The van der Waals surface area contributed by atoms with Gasteiger partial charge in [0.1, 0.15) is 0 Å². The van der Waals surface area contributed by atoms with Crippen LogP contribution in [0, 0.1) is 11.8 Å². The van der Waals surface area contributed by atoms with E-state index in [9.17, 15) is 9.90 Å². The third kappa shape index (κ3) is 1.12. The standard InChI is InChI=1S/C9H14O3/c1-9(11)3-2-6-4-8(10)12-5-7(6)9/h6-7,11H,2-5H2,1H3/t6-,7+,9+/m1/s1. The van der Waals surface area contributed by atoms with Crippen LogP contribution in [0.2, 0.25) is 0 Å². The molecule has 0 amide bonds. The van der Waals surface area contributed by atoms with Crippen LogP contribution in [0.3, 0.4) is 0 Å². The molecule has 0 aromatic carbocycles. The molecule has 2 fully saturated rings. The normalized spacial score (nSPS) is 47.0. The zero-order chi connectivity index (χ0) is 8.77. The van der Waals surface area contributed by atoms with Crippen LogP contribution in [0.5, 0.6) is 0 Å². The van der Waals surface area contributed by atoms with Gasteiger partial charge in [0.25, 0.3) is 0 Å². The number of hydrogen-bond acceptors (Lipinski definition) is 3. The molecule has 0 aromatic heterocycles. The Bertz CT molecular complexity index is 210. The molecule has 2 aliphatic rings. The van der Waals surface area contributed by atoms with Gasteiger partial charge in [-0.05, 0) is 25.7 Å². The molecule has 1 heterocycles. The molecule has 2 rings (SSSR count). The molecule has 12 heavy (non-hydrogen) atoms. The fraction of sp³-hybridized carbons (Fsp3) is 0.889. The van der Waals surface area contributed by atoms with Crippen LogP contribution in [0.4, 0.5) is 0 Å². The lowest BCUT2D eigenvalue weighted by Crippen LogP contribution is -2.39. The molecule has 1 aliphatic heterocycles. The minimum absolute atomic E-state index is 0.103. The number of esters is 1. The second-order valence-electron chi connectivity index (χ2n) is 4.15. The topological polar surface area (TPSA) is 46.5 Å². The Morgan fingerprint density at radius 2 is 2.42 bits per heavy atom. The molecule has 0 spiro atoms. The molecular formula is C9H14O3. The Morgan fingerprint density at radius 3 is 3.17 bits per heavy atom. The molecule has 1 saturated carbocycles. The molecule has 0 bridgehead atoms. The molecule has 0 radical (unpaired) electrons. The molecular weight excluding hydrogens is 156 g/mol. The van der Waals surface area contributed by atoms with E-state index in [0.29, 0.717) is 18.9 Å². The fourth-order valence-corrected chi connectivity index (χ4v) is 2.39. The third-order valence-corrected chi connectivity index (χ3v) is 3.24. The van der Waals surface area contributed by atoms with Gasteiger partial charge in [-0.3, -0.25) is 4.79 Å². The zero-order valence-corrected chi connectivity index (χ0v) is 7.25. The number of ether oxygens (including phenoxy) is 1. The van der Waals surface area contributed by atoms with Gasteiger partial charge in [0, 0.05) is 12.3 Å². The maximum absolute atomic E-state index is 10.9. The van der Waals surface area contributed by atoms with Gasteiger partial charge in [0.2, 0.25) is 0 Å². The third-order valence-electron chi connectivity index (χ3n) is 3.24. The first kappa shape index (κ1) is 8.05. The average Bonchev–Trinajstić information content (AvgIpc) is 2.27. The van der Waals surface area contributed by atoms with E-state index in [4.69, 9.17) is 4.74 Å². The first-order chi connectivity index (χ1) is 5.59. The van der Waals surface area contributed by atoms with Crippen molar-refractivity contribution in [3.63, 3.8) is 0 Å². The van der Waals surface area contributed by atoms with E-state index in [2.05, 4.69) is 0 Å². The molecule has 1 aliphatic carbocycles. The summed E-state index contributed by atoms with van der Waals surface area (Å²) in [6.45, 7) is 2.26. The van der Waals surface area contributed by atoms with Gasteiger partial charge in [-0.1, -0.05) is 0 Å². The highest BCUT2D eigenvalue weighted by Gasteiger charge is 2.47. The van der Waals surface area contributed by atoms with Gasteiger partial charge < -0.3 is 9.84 Å². The van der Waals surface area contributed by atoms with E-state index in [-0.39, 0.29) is 11.9 Å². The van der Waals surface area contributed by atoms with E-state index in [1.807, 2.05) is 6.92 Å². The largest absolute Gasteiger partial charge is 0.465 e. The van der Waals surface area contributed by atoms with Crippen molar-refractivity contribution in [1.29, 1.82) is 0 Å². The highest BCUT2D eigenvalue weighted by Crippen LogP contribution is 2.43. The minimum atomic E-state index is -0.606. The van der Waals surface area contributed by atoms with Crippen molar-refractivity contribution in [2.45, 2.75) is 31.8 Å². The van der Waals surface area contributed by atoms with Crippen molar-refractivity contribution in [2.75, 3.05) is 6.61 Å². The maximum Gasteiger partial charge on any atom is 0.306 e. The SMILES string of the molecule is C[C@]1(O)CC[C@@H]2CC(=O)OC[C@@H]21. The first-order valence-corrected chi connectivity index (χ1v) is 4.47. The molecule has 1 N–H and O–H groups in total. The van der Waals surface area contributed by atoms with Crippen molar-refractivity contribution in [3.05, 3.63) is 0 Å². The summed E-state index contributed by atoms with van der Waals surface area (Å²) >= 11 is 0. The summed E-state index contributed by atoms with van der Waals surface area (Å²) in [5.74, 6) is 0.436. The van der Waals surface area contributed by atoms with Crippen LogP contribution in [-0.2, 0) is 9.53 Å². The molecule has 68 valence electrons. The number of aliphatic hydroxyl groups is 1. The van der Waals surface area contributed by atoms with E-state index < -0.39 is 5.60 Å². The van der Waals surface area contributed by atoms with Crippen molar-refractivity contribution < 1.29 is 14.6 Å². The smallest absolute Gasteiger partial charge is 0.306 e. The van der Waals surface area contributed by atoms with E-state index >= 15 is 0 Å². The predicted molar refractivity (Wildman–Crippen MR) is 42.4 cm³/mol. The van der Waals surface area contributed by atoms with E-state index in [1.54, 1.807) is 0 Å². The Balaban J connectivity index is 2.13. The highest BCUT2D eigenvalue weighted by atomic mass is 16.5. The summed E-state index contributed by atoms with van der Waals surface area (Å²) < 4.78 is 4.93. The van der Waals surface area contributed by atoms with Crippen LogP contribution in [0.15, 0.2) is 0 Å². The molecule has 3 nitrogen and oxygen atoms in total. The Labute approximate surface area is 71.7 Å². The number of carbonyl (C=O) groups is 1. The van der Waals surface area contributed by atoms with Crippen molar-refractivity contribution in [2.24, 2.45) is 11.8 Å². The number of rotatable bonds is 0. The molecule has 3 atom stereocenters. The quantitative estimate of drug-likeness (QED) is 0.545. The molecule has 1 saturated heterocycles. The summed E-state index contributed by atoms with van der Waals surface area (Å²) in [6, 6.07) is 0. The lowest BCUT2D eigenvalue weighted by atomic mass is 9.85. The van der Waals surface area contributed by atoms with Gasteiger partial charge in [0.15, 0.2) is 0 Å². The number of cyclic esters (lactones) is 1. The highest BCUT2D eigenvalue weighted by molar-refractivity contribution is 5.70. The summed E-state index contributed by atoms with van der Waals surface area (Å²) in [6.07, 6.45) is 2.27. The Kier molecular flexibility index (Phi) is 1.65. The fourth-order valence-electron chi connectivity index (χ4n) is 2.39. The van der Waals surface area contributed by atoms with Gasteiger partial charge in [0.05, 0.1) is 12.2 Å². The summed E-state index contributed by atoms with van der Waals surface area (Å²) in [4.78, 5) is 10.9. The minimum Gasteiger partial charge on any atom is -0.465 e. The van der Waals surface area contributed by atoms with Crippen LogP contribution in [-0.4, -0.2) is 23.3 Å². The van der Waals surface area contributed by atoms with Crippen LogP contribution in [0.1, 0.15) is 26.2 Å². The summed E-state index contributed by atoms with van der Waals surface area (Å²) in [5, 5.41) is 9.88. The molecule has 0 aromatic rings. The van der Waals surface area contributed by atoms with Gasteiger partial charge in [-0.25, -0.2) is 0 Å². The molecule has 0 unspecified atom stereocenters. The van der Waals surface area contributed by atoms with Gasteiger partial charge in [-0.15, -0.1) is 0 Å². The lowest BCUT2D eigenvalue weighted by molar-refractivity contribution is -0.156. The van der Waals surface area contributed by atoms with Crippen molar-refractivity contribution >= 4 is 5.97 Å². The summed E-state index contributed by atoms with van der Waals surface area (Å²) in [7, 11) is 0. The number of hydrogen-bond donors (Lipinski definition) is 1. The monoisotopic (exact) mass is 170 g/mol. The van der Waals surface area contributed by atoms with Gasteiger partial charge >= 0.3 is 5.97 Å². The van der Waals surface area contributed by atoms with Gasteiger partial charge in [-0.2, -0.15) is 0 Å². The zero-order valence-electron chi connectivity index (χ0n) is 7.25. The maximum atomic E-state index is 10.9. The molecule has 3 heteroatoms. The lowest BCUT2D eigenvalue weighted by Gasteiger charge is -2.31. The van der Waals surface area contributed by atoms with Crippen molar-refractivity contribution in [3.8, 4) is 0 Å². The second-order valence-corrected chi connectivity index (χ2v) is 4.15. The predicted octanol–water partition coefficient (Wildman–Crippen LogP) is 0.710. The van der Waals surface area contributed by atoms with E-state index in [1.165, 1.54) is 0 Å². The van der Waals surface area contributed by atoms with Crippen LogP contribution in [0.25, 0.3) is 0 Å². The van der Waals surface area contributed by atoms with Crippen LogP contribution < -0.4 is 0 Å². The first-order valence-electron chi connectivity index (χ1n) is 4.47. The van der Waals surface area contributed by atoms with E-state index in [0.717, 1.165) is 12.8 Å². The van der Waals surface area contributed by atoms with Crippen LogP contribution >= 0.6 is 0 Å².